The van der Waals surface area contributed by atoms with Crippen LogP contribution in [0.4, 0.5) is 9.18 Å². The van der Waals surface area contributed by atoms with Crippen molar-refractivity contribution < 1.29 is 23.5 Å². The van der Waals surface area contributed by atoms with Gasteiger partial charge in [-0.3, -0.25) is 0 Å². The third-order valence-corrected chi connectivity index (χ3v) is 4.53. The summed E-state index contributed by atoms with van der Waals surface area (Å²) < 4.78 is 24.2. The third-order valence-electron chi connectivity index (χ3n) is 4.53. The van der Waals surface area contributed by atoms with Gasteiger partial charge in [-0.15, -0.1) is 0 Å². The molecule has 6 heteroatoms. The van der Waals surface area contributed by atoms with E-state index in [1.54, 1.807) is 24.0 Å². The minimum Gasteiger partial charge on any atom is -0.463 e. The first kappa shape index (κ1) is 20.9. The quantitative estimate of drug-likeness (QED) is 0.582. The molecule has 0 bridgehead atoms. The summed E-state index contributed by atoms with van der Waals surface area (Å²) in [5.41, 5.74) is -0.308. The van der Waals surface area contributed by atoms with Crippen LogP contribution in [0.5, 0.6) is 0 Å². The van der Waals surface area contributed by atoms with Crippen molar-refractivity contribution in [3.63, 3.8) is 0 Å². The fourth-order valence-corrected chi connectivity index (χ4v) is 3.18. The topological polar surface area (TPSA) is 55.8 Å². The number of hydrogen-bond acceptors (Lipinski definition) is 4. The summed E-state index contributed by atoms with van der Waals surface area (Å²) in [6.45, 7) is 8.43. The van der Waals surface area contributed by atoms with Crippen molar-refractivity contribution in [2.75, 3.05) is 19.7 Å². The minimum atomic E-state index is -0.558. The first-order valence-corrected chi connectivity index (χ1v) is 9.25. The molecule has 1 aliphatic heterocycles. The van der Waals surface area contributed by atoms with E-state index in [-0.39, 0.29) is 11.9 Å². The molecule has 1 saturated heterocycles. The number of carbonyl (C=O) groups excluding carboxylic acids is 2. The third kappa shape index (κ3) is 5.81. The van der Waals surface area contributed by atoms with Crippen LogP contribution in [-0.4, -0.2) is 42.3 Å². The normalized spacial score (nSPS) is 17.0. The molecule has 0 atom stereocenters. The zero-order valence-corrected chi connectivity index (χ0v) is 16.5. The van der Waals surface area contributed by atoms with E-state index in [0.717, 1.165) is 5.56 Å². The second kappa shape index (κ2) is 8.55. The van der Waals surface area contributed by atoms with Gasteiger partial charge in [-0.25, -0.2) is 14.0 Å². The number of halogens is 1. The smallest absolute Gasteiger partial charge is 0.410 e. The molecule has 5 nitrogen and oxygen atoms in total. The second-order valence-corrected chi connectivity index (χ2v) is 7.72. The number of carbonyl (C=O) groups is 2. The van der Waals surface area contributed by atoms with Gasteiger partial charge in [0, 0.05) is 24.6 Å². The lowest BCUT2D eigenvalue weighted by atomic mass is 9.72. The number of piperidine rings is 1. The van der Waals surface area contributed by atoms with Crippen LogP contribution in [0, 0.1) is 5.82 Å². The first-order valence-electron chi connectivity index (χ1n) is 9.25. The lowest BCUT2D eigenvalue weighted by Crippen LogP contribution is -2.46. The standard InChI is InChI=1S/C21H28FNO4/c1-5-26-18(24)9-10-21(16-7-6-8-17(22)15-16)11-13-23(14-12-21)19(25)27-20(2,3)4/h6-10,15H,5,11-14H2,1-4H3/b10-9+. The molecular formula is C21H28FNO4. The van der Waals surface area contributed by atoms with E-state index in [4.69, 9.17) is 9.47 Å². The second-order valence-electron chi connectivity index (χ2n) is 7.72. The Morgan fingerprint density at radius 3 is 2.48 bits per heavy atom. The molecule has 0 aliphatic carbocycles. The van der Waals surface area contributed by atoms with E-state index >= 15 is 0 Å². The van der Waals surface area contributed by atoms with Gasteiger partial charge in [-0.2, -0.15) is 0 Å². The van der Waals surface area contributed by atoms with Crippen molar-refractivity contribution in [3.8, 4) is 0 Å². The van der Waals surface area contributed by atoms with Gasteiger partial charge in [0.25, 0.3) is 0 Å². The van der Waals surface area contributed by atoms with Crippen LogP contribution in [-0.2, 0) is 19.7 Å². The Labute approximate surface area is 160 Å². The molecule has 1 fully saturated rings. The zero-order chi connectivity index (χ0) is 20.1. The summed E-state index contributed by atoms with van der Waals surface area (Å²) in [7, 11) is 0. The molecule has 0 spiro atoms. The number of ether oxygens (including phenoxy) is 2. The maximum atomic E-state index is 13.8. The summed E-state index contributed by atoms with van der Waals surface area (Å²) in [6, 6.07) is 6.38. The van der Waals surface area contributed by atoms with Crippen LogP contribution in [0.15, 0.2) is 36.4 Å². The Balaban J connectivity index is 2.21. The van der Waals surface area contributed by atoms with Gasteiger partial charge >= 0.3 is 12.1 Å². The van der Waals surface area contributed by atoms with Gasteiger partial charge in [0.2, 0.25) is 0 Å². The van der Waals surface area contributed by atoms with Gasteiger partial charge in [-0.05, 0) is 58.2 Å². The molecule has 1 heterocycles. The number of allylic oxidation sites excluding steroid dienone is 1. The predicted octanol–water partition coefficient (Wildman–Crippen LogP) is 4.21. The Morgan fingerprint density at radius 1 is 1.26 bits per heavy atom. The summed E-state index contributed by atoms with van der Waals surface area (Å²) in [5.74, 6) is -0.756. The molecule has 0 saturated carbocycles. The highest BCUT2D eigenvalue weighted by Crippen LogP contribution is 2.37. The van der Waals surface area contributed by atoms with Crippen molar-refractivity contribution in [3.05, 3.63) is 47.8 Å². The van der Waals surface area contributed by atoms with Crippen LogP contribution in [0.1, 0.15) is 46.1 Å². The Kier molecular flexibility index (Phi) is 6.63. The Morgan fingerprint density at radius 2 is 1.93 bits per heavy atom. The van der Waals surface area contributed by atoms with Gasteiger partial charge in [0.05, 0.1) is 6.61 Å². The number of likely N-dealkylation sites (tertiary alicyclic amines) is 1. The van der Waals surface area contributed by atoms with Crippen molar-refractivity contribution >= 4 is 12.1 Å². The number of benzene rings is 1. The summed E-state index contributed by atoms with van der Waals surface area (Å²) in [5, 5.41) is 0. The molecule has 0 aromatic heterocycles. The number of amides is 1. The van der Waals surface area contributed by atoms with E-state index in [9.17, 15) is 14.0 Å². The maximum Gasteiger partial charge on any atom is 0.410 e. The molecule has 0 radical (unpaired) electrons. The van der Waals surface area contributed by atoms with Crippen molar-refractivity contribution in [2.24, 2.45) is 0 Å². The van der Waals surface area contributed by atoms with E-state index in [1.807, 2.05) is 26.8 Å². The molecule has 2 rings (SSSR count). The average Bonchev–Trinajstić information content (AvgIpc) is 2.59. The zero-order valence-electron chi connectivity index (χ0n) is 16.5. The Bertz CT molecular complexity index is 700. The molecule has 27 heavy (non-hydrogen) atoms. The van der Waals surface area contributed by atoms with Crippen LogP contribution in [0.3, 0.4) is 0 Å². The van der Waals surface area contributed by atoms with Gasteiger partial charge in [0.15, 0.2) is 0 Å². The van der Waals surface area contributed by atoms with Crippen molar-refractivity contribution in [1.82, 2.24) is 4.90 Å². The number of rotatable bonds is 4. The highest BCUT2D eigenvalue weighted by molar-refractivity contribution is 5.82. The van der Waals surface area contributed by atoms with Crippen molar-refractivity contribution in [1.29, 1.82) is 0 Å². The lowest BCUT2D eigenvalue weighted by Gasteiger charge is -2.40. The summed E-state index contributed by atoms with van der Waals surface area (Å²) >= 11 is 0. The predicted molar refractivity (Wildman–Crippen MR) is 101 cm³/mol. The van der Waals surface area contributed by atoms with Crippen LogP contribution < -0.4 is 0 Å². The summed E-state index contributed by atoms with van der Waals surface area (Å²) in [6.07, 6.45) is 3.95. The largest absolute Gasteiger partial charge is 0.463 e. The van der Waals surface area contributed by atoms with Gasteiger partial charge in [0.1, 0.15) is 11.4 Å². The van der Waals surface area contributed by atoms with Gasteiger partial charge < -0.3 is 14.4 Å². The van der Waals surface area contributed by atoms with E-state index in [0.29, 0.717) is 32.5 Å². The molecule has 148 valence electrons. The monoisotopic (exact) mass is 377 g/mol. The molecule has 1 aliphatic rings. The first-order chi connectivity index (χ1) is 12.6. The highest BCUT2D eigenvalue weighted by Gasteiger charge is 2.37. The maximum absolute atomic E-state index is 13.8. The van der Waals surface area contributed by atoms with E-state index in [2.05, 4.69) is 0 Å². The average molecular weight is 377 g/mol. The van der Waals surface area contributed by atoms with Crippen LogP contribution in [0.2, 0.25) is 0 Å². The fraction of sp³-hybridized carbons (Fsp3) is 0.524. The van der Waals surface area contributed by atoms with E-state index in [1.165, 1.54) is 18.2 Å². The fourth-order valence-electron chi connectivity index (χ4n) is 3.18. The summed E-state index contributed by atoms with van der Waals surface area (Å²) in [4.78, 5) is 25.8. The van der Waals surface area contributed by atoms with Gasteiger partial charge in [-0.1, -0.05) is 18.2 Å². The van der Waals surface area contributed by atoms with Crippen molar-refractivity contribution in [2.45, 2.75) is 51.6 Å². The molecule has 1 aromatic rings. The molecule has 0 unspecified atom stereocenters. The number of hydrogen-bond donors (Lipinski definition) is 0. The lowest BCUT2D eigenvalue weighted by molar-refractivity contribution is -0.137. The van der Waals surface area contributed by atoms with E-state index < -0.39 is 17.0 Å². The molecule has 1 amide bonds. The molecular weight excluding hydrogens is 349 g/mol. The minimum absolute atomic E-state index is 0.294. The van der Waals surface area contributed by atoms with Crippen LogP contribution >= 0.6 is 0 Å². The SMILES string of the molecule is CCOC(=O)/C=C/C1(c2cccc(F)c2)CCN(C(=O)OC(C)(C)C)CC1. The Hall–Kier alpha value is -2.37. The number of nitrogens with zero attached hydrogens (tertiary/aromatic N) is 1. The molecule has 1 aromatic carbocycles. The molecule has 0 N–H and O–H groups in total. The van der Waals surface area contributed by atoms with Crippen LogP contribution in [0.25, 0.3) is 0 Å². The highest BCUT2D eigenvalue weighted by atomic mass is 19.1. The number of esters is 1.